The van der Waals surface area contributed by atoms with Crippen molar-refractivity contribution in [3.63, 3.8) is 0 Å². The average Bonchev–Trinajstić information content (AvgIpc) is 2.36. The van der Waals surface area contributed by atoms with Gasteiger partial charge in [-0.15, -0.1) is 0 Å². The van der Waals surface area contributed by atoms with Crippen molar-refractivity contribution in [1.82, 2.24) is 4.98 Å². The van der Waals surface area contributed by atoms with E-state index in [0.717, 1.165) is 0 Å². The van der Waals surface area contributed by atoms with E-state index in [0.29, 0.717) is 35.7 Å². The fourth-order valence-electron chi connectivity index (χ4n) is 2.62. The van der Waals surface area contributed by atoms with Gasteiger partial charge in [0.25, 0.3) is 0 Å². The maximum absolute atomic E-state index is 11.5. The molecule has 0 spiro atoms. The molecule has 2 atom stereocenters. The van der Waals surface area contributed by atoms with Crippen LogP contribution in [-0.2, 0) is 4.74 Å². The van der Waals surface area contributed by atoms with Crippen LogP contribution in [0.5, 0.6) is 0 Å². The Bertz CT molecular complexity index is 567. The minimum atomic E-state index is -0.0678. The summed E-state index contributed by atoms with van der Waals surface area (Å²) in [4.78, 5) is 18.1. The number of hydrogen-bond acceptors (Lipinski definition) is 5. The highest BCUT2D eigenvalue weighted by atomic mass is 16.5. The minimum absolute atomic E-state index is 0.0678. The van der Waals surface area contributed by atoms with Gasteiger partial charge in [0.15, 0.2) is 5.78 Å². The molecule has 0 aliphatic carbocycles. The Morgan fingerprint density at radius 1 is 1.45 bits per heavy atom. The van der Waals surface area contributed by atoms with Crippen molar-refractivity contribution in [2.24, 2.45) is 0 Å². The Balaban J connectivity index is 2.44. The molecule has 5 heteroatoms. The van der Waals surface area contributed by atoms with Gasteiger partial charge in [0.1, 0.15) is 11.9 Å². The van der Waals surface area contributed by atoms with Crippen LogP contribution in [0.3, 0.4) is 0 Å². The van der Waals surface area contributed by atoms with Gasteiger partial charge in [-0.3, -0.25) is 4.79 Å². The third-order valence-electron chi connectivity index (χ3n) is 3.41. The number of carbonyl (C=O) groups is 1. The van der Waals surface area contributed by atoms with Gasteiger partial charge in [-0.05, 0) is 33.8 Å². The molecule has 0 bridgehead atoms. The number of anilines is 1. The highest BCUT2D eigenvalue weighted by Gasteiger charge is 2.26. The third-order valence-corrected chi connectivity index (χ3v) is 3.41. The number of morpholine rings is 1. The minimum Gasteiger partial charge on any atom is -0.372 e. The first kappa shape index (κ1) is 14.5. The van der Waals surface area contributed by atoms with E-state index in [1.807, 2.05) is 13.8 Å². The number of nitriles is 1. The predicted octanol–water partition coefficient (Wildman–Crippen LogP) is 2.08. The second-order valence-corrected chi connectivity index (χ2v) is 5.32. The van der Waals surface area contributed by atoms with Gasteiger partial charge >= 0.3 is 0 Å². The second kappa shape index (κ2) is 5.59. The Morgan fingerprint density at radius 3 is 2.55 bits per heavy atom. The predicted molar refractivity (Wildman–Crippen MR) is 75.9 cm³/mol. The maximum atomic E-state index is 11.5. The molecule has 0 aromatic carbocycles. The first-order valence-electron chi connectivity index (χ1n) is 6.75. The molecule has 1 aliphatic heterocycles. The number of aromatic nitrogens is 1. The van der Waals surface area contributed by atoms with Crippen LogP contribution in [-0.4, -0.2) is 36.1 Å². The van der Waals surface area contributed by atoms with Crippen molar-refractivity contribution in [2.45, 2.75) is 39.9 Å². The molecule has 1 aromatic rings. The number of ketones is 1. The molecule has 2 rings (SSSR count). The van der Waals surface area contributed by atoms with Gasteiger partial charge in [-0.25, -0.2) is 4.98 Å². The summed E-state index contributed by atoms with van der Waals surface area (Å²) >= 11 is 0. The smallest absolute Gasteiger partial charge is 0.161 e. The Hall–Kier alpha value is -1.93. The zero-order chi connectivity index (χ0) is 14.9. The first-order valence-corrected chi connectivity index (χ1v) is 6.75. The van der Waals surface area contributed by atoms with Crippen LogP contribution in [0.4, 0.5) is 5.82 Å². The summed E-state index contributed by atoms with van der Waals surface area (Å²) in [5.41, 5.74) is 1.63. The fraction of sp³-hybridized carbons (Fsp3) is 0.533. The van der Waals surface area contributed by atoms with Gasteiger partial charge in [-0.2, -0.15) is 5.26 Å². The summed E-state index contributed by atoms with van der Waals surface area (Å²) in [6.45, 7) is 8.70. The summed E-state index contributed by atoms with van der Waals surface area (Å²) in [7, 11) is 0. The van der Waals surface area contributed by atoms with Gasteiger partial charge < -0.3 is 9.64 Å². The van der Waals surface area contributed by atoms with Crippen LogP contribution in [0, 0.1) is 18.3 Å². The Labute approximate surface area is 119 Å². The van der Waals surface area contributed by atoms with Crippen LogP contribution in [0.2, 0.25) is 0 Å². The molecular weight excluding hydrogens is 254 g/mol. The molecule has 1 fully saturated rings. The molecule has 1 aromatic heterocycles. The van der Waals surface area contributed by atoms with Crippen molar-refractivity contribution in [1.29, 1.82) is 5.26 Å². The molecule has 2 heterocycles. The van der Waals surface area contributed by atoms with Crippen LogP contribution in [0.25, 0.3) is 0 Å². The number of ether oxygens (including phenoxy) is 1. The lowest BCUT2D eigenvalue weighted by Gasteiger charge is -2.36. The van der Waals surface area contributed by atoms with Crippen LogP contribution in [0.1, 0.15) is 42.4 Å². The van der Waals surface area contributed by atoms with E-state index in [1.165, 1.54) is 6.92 Å². The standard InChI is InChI=1S/C15H19N3O2/c1-9-7-18(8-10(2)20-9)15-13(6-16)5-14(12(4)19)11(3)17-15/h5,9-10H,7-8H2,1-4H3/t9-,10-/m0/s1. The van der Waals surface area contributed by atoms with Gasteiger partial charge in [-0.1, -0.05) is 0 Å². The number of carbonyl (C=O) groups excluding carboxylic acids is 1. The number of hydrogen-bond donors (Lipinski definition) is 0. The summed E-state index contributed by atoms with van der Waals surface area (Å²) in [5, 5.41) is 9.32. The lowest BCUT2D eigenvalue weighted by molar-refractivity contribution is -0.00548. The molecule has 0 amide bonds. The number of rotatable bonds is 2. The monoisotopic (exact) mass is 273 g/mol. The van der Waals surface area contributed by atoms with E-state index in [4.69, 9.17) is 4.74 Å². The molecule has 0 saturated carbocycles. The molecule has 5 nitrogen and oxygen atoms in total. The summed E-state index contributed by atoms with van der Waals surface area (Å²) in [6.07, 6.45) is 0.194. The molecule has 1 aliphatic rings. The zero-order valence-corrected chi connectivity index (χ0v) is 12.3. The van der Waals surface area contributed by atoms with Crippen LogP contribution >= 0.6 is 0 Å². The van der Waals surface area contributed by atoms with Crippen molar-refractivity contribution in [3.05, 3.63) is 22.9 Å². The molecular formula is C15H19N3O2. The molecule has 106 valence electrons. The first-order chi connectivity index (χ1) is 9.42. The van der Waals surface area contributed by atoms with Crippen molar-refractivity contribution >= 4 is 11.6 Å². The number of aryl methyl sites for hydroxylation is 1. The molecule has 0 unspecified atom stereocenters. The van der Waals surface area contributed by atoms with Crippen molar-refractivity contribution in [3.8, 4) is 6.07 Å². The van der Waals surface area contributed by atoms with E-state index in [1.54, 1.807) is 13.0 Å². The van der Waals surface area contributed by atoms with Crippen LogP contribution < -0.4 is 4.90 Å². The second-order valence-electron chi connectivity index (χ2n) is 5.32. The lowest BCUT2D eigenvalue weighted by Crippen LogP contribution is -2.46. The summed E-state index contributed by atoms with van der Waals surface area (Å²) in [5.74, 6) is 0.582. The Kier molecular flexibility index (Phi) is 4.05. The third kappa shape index (κ3) is 2.81. The van der Waals surface area contributed by atoms with E-state index in [9.17, 15) is 10.1 Å². The van der Waals surface area contributed by atoms with Crippen molar-refractivity contribution in [2.75, 3.05) is 18.0 Å². The van der Waals surface area contributed by atoms with E-state index in [2.05, 4.69) is 16.0 Å². The molecule has 1 saturated heterocycles. The highest BCUT2D eigenvalue weighted by Crippen LogP contribution is 2.24. The van der Waals surface area contributed by atoms with Gasteiger partial charge in [0, 0.05) is 18.7 Å². The van der Waals surface area contributed by atoms with E-state index < -0.39 is 0 Å². The number of Topliss-reactive ketones (excluding diaryl/α,β-unsaturated/α-hetero) is 1. The quantitative estimate of drug-likeness (QED) is 0.772. The highest BCUT2D eigenvalue weighted by molar-refractivity contribution is 5.95. The lowest BCUT2D eigenvalue weighted by atomic mass is 10.1. The van der Waals surface area contributed by atoms with Crippen molar-refractivity contribution < 1.29 is 9.53 Å². The van der Waals surface area contributed by atoms with E-state index >= 15 is 0 Å². The van der Waals surface area contributed by atoms with E-state index in [-0.39, 0.29) is 18.0 Å². The Morgan fingerprint density at radius 2 is 2.05 bits per heavy atom. The topological polar surface area (TPSA) is 66.2 Å². The molecule has 20 heavy (non-hydrogen) atoms. The van der Waals surface area contributed by atoms with Gasteiger partial charge in [0.2, 0.25) is 0 Å². The van der Waals surface area contributed by atoms with Crippen LogP contribution in [0.15, 0.2) is 6.07 Å². The normalized spacial score (nSPS) is 22.4. The average molecular weight is 273 g/mol. The SMILES string of the molecule is CC(=O)c1cc(C#N)c(N2C[C@H](C)O[C@@H](C)C2)nc1C. The number of nitrogens with zero attached hydrogens (tertiary/aromatic N) is 3. The maximum Gasteiger partial charge on any atom is 0.161 e. The number of pyridine rings is 1. The zero-order valence-electron chi connectivity index (χ0n) is 12.3. The molecule has 0 N–H and O–H groups in total. The summed E-state index contributed by atoms with van der Waals surface area (Å²) in [6, 6.07) is 3.79. The summed E-state index contributed by atoms with van der Waals surface area (Å²) < 4.78 is 5.70. The fourth-order valence-corrected chi connectivity index (χ4v) is 2.62. The van der Waals surface area contributed by atoms with Gasteiger partial charge in [0.05, 0.1) is 23.5 Å². The largest absolute Gasteiger partial charge is 0.372 e. The molecule has 0 radical (unpaired) electrons.